The minimum absolute atomic E-state index is 0. The molecule has 0 atom stereocenters. The summed E-state index contributed by atoms with van der Waals surface area (Å²) in [5.41, 5.74) is 2.35. The molecule has 0 spiro atoms. The summed E-state index contributed by atoms with van der Waals surface area (Å²) in [6.07, 6.45) is 7.48. The van der Waals surface area contributed by atoms with E-state index in [-0.39, 0.29) is 24.8 Å². The molecule has 0 fully saturated rings. The van der Waals surface area contributed by atoms with E-state index < -0.39 is 25.1 Å². The van der Waals surface area contributed by atoms with Crippen molar-refractivity contribution in [1.82, 2.24) is 0 Å². The number of hydrogen-bond acceptors (Lipinski definition) is 1. The molecule has 3 aromatic carbocycles. The van der Waals surface area contributed by atoms with E-state index in [1.54, 1.807) is 0 Å². The maximum Gasteiger partial charge on any atom is -1.00 e. The van der Waals surface area contributed by atoms with Crippen LogP contribution in [0.4, 0.5) is 0 Å². The first-order valence-corrected chi connectivity index (χ1v) is 10.8. The molecule has 0 unspecified atom stereocenters. The topological polar surface area (TPSA) is 9.23 Å². The summed E-state index contributed by atoms with van der Waals surface area (Å²) in [7, 11) is 0. The van der Waals surface area contributed by atoms with Crippen molar-refractivity contribution in [2.45, 2.75) is 12.0 Å². The Balaban J connectivity index is 0.00000160. The van der Waals surface area contributed by atoms with Crippen LogP contribution in [0.1, 0.15) is 23.1 Å². The second-order valence-corrected chi connectivity index (χ2v) is 8.20. The quantitative estimate of drug-likeness (QED) is 0.375. The fraction of sp³-hybridized carbons (Fsp3) is 0.0769. The van der Waals surface area contributed by atoms with Crippen LogP contribution >= 0.6 is 0 Å². The Kier molecular flexibility index (Phi) is 9.66. The van der Waals surface area contributed by atoms with Gasteiger partial charge in [-0.25, -0.2) is 0 Å². The average Bonchev–Trinajstić information content (AvgIpc) is 3.30. The Bertz CT molecular complexity index is 996. The first-order chi connectivity index (χ1) is 13.9. The van der Waals surface area contributed by atoms with E-state index in [0.717, 1.165) is 23.1 Å². The van der Waals surface area contributed by atoms with Gasteiger partial charge in [0, 0.05) is 0 Å². The first kappa shape index (κ1) is 24.2. The van der Waals surface area contributed by atoms with Crippen LogP contribution in [0.3, 0.4) is 0 Å². The minimum atomic E-state index is -0.776. The maximum atomic E-state index is 6.75. The molecule has 4 heteroatoms. The Morgan fingerprint density at radius 2 is 1.27 bits per heavy atom. The molecule has 0 bridgehead atoms. The Labute approximate surface area is 200 Å². The summed E-state index contributed by atoms with van der Waals surface area (Å²) in [6.45, 7) is 0. The van der Waals surface area contributed by atoms with Gasteiger partial charge in [0.1, 0.15) is 0 Å². The molecule has 4 rings (SSSR count). The van der Waals surface area contributed by atoms with Crippen LogP contribution in [0.15, 0.2) is 113 Å². The Hall–Kier alpha value is -2.05. The molecule has 1 nitrogen and oxygen atoms in total. The summed E-state index contributed by atoms with van der Waals surface area (Å²) in [6, 6.07) is 30.8. The number of hydrogen-bond donors (Lipinski definition) is 0. The van der Waals surface area contributed by atoms with E-state index in [1.807, 2.05) is 42.5 Å². The van der Waals surface area contributed by atoms with E-state index in [9.17, 15) is 0 Å². The van der Waals surface area contributed by atoms with Gasteiger partial charge in [0.15, 0.2) is 0 Å². The molecular weight excluding hydrogens is 447 g/mol. The molecule has 0 aromatic heterocycles. The van der Waals surface area contributed by atoms with Gasteiger partial charge < -0.3 is 24.8 Å². The Morgan fingerprint density at radius 3 is 1.77 bits per heavy atom. The smallest absolute Gasteiger partial charge is 1.00 e. The third kappa shape index (κ3) is 5.76. The number of rotatable bonds is 5. The van der Waals surface area contributed by atoms with Crippen molar-refractivity contribution in [3.8, 4) is 11.8 Å². The van der Waals surface area contributed by atoms with E-state index >= 15 is 0 Å². The molecule has 1 aliphatic rings. The van der Waals surface area contributed by atoms with E-state index in [1.165, 1.54) is 3.88 Å². The van der Waals surface area contributed by atoms with Gasteiger partial charge in [0.05, 0.1) is 0 Å². The first-order valence-electron chi connectivity index (χ1n) is 9.36. The van der Waals surface area contributed by atoms with Crippen molar-refractivity contribution >= 4 is 0 Å². The van der Waals surface area contributed by atoms with Crippen LogP contribution in [0.2, 0.25) is 0 Å². The third-order valence-electron chi connectivity index (χ3n) is 4.62. The monoisotopic (exact) mass is 466 g/mol. The van der Waals surface area contributed by atoms with E-state index in [0.29, 0.717) is 0 Å². The normalized spacial score (nSPS) is 11.8. The minimum Gasteiger partial charge on any atom is -1.00 e. The van der Waals surface area contributed by atoms with Crippen LogP contribution in [-0.4, -0.2) is 0 Å². The molecule has 1 aliphatic carbocycles. The number of allylic oxidation sites excluding steroid dienone is 4. The fourth-order valence-electron chi connectivity index (χ4n) is 3.15. The van der Waals surface area contributed by atoms with E-state index in [4.69, 9.17) is 3.32 Å². The third-order valence-corrected chi connectivity index (χ3v) is 6.25. The predicted molar refractivity (Wildman–Crippen MR) is 110 cm³/mol. The molecule has 0 aliphatic heterocycles. The molecular formula is C26H20Cl2OTi. The average molecular weight is 467 g/mol. The van der Waals surface area contributed by atoms with Gasteiger partial charge in [0.2, 0.25) is 0 Å². The second-order valence-electron chi connectivity index (χ2n) is 6.56. The number of benzene rings is 3. The van der Waals surface area contributed by atoms with Crippen LogP contribution in [0.5, 0.6) is 0 Å². The van der Waals surface area contributed by atoms with Gasteiger partial charge in [-0.2, -0.15) is 0 Å². The summed E-state index contributed by atoms with van der Waals surface area (Å²) in [4.78, 5) is 0. The Morgan fingerprint density at radius 1 is 0.733 bits per heavy atom. The van der Waals surface area contributed by atoms with Crippen LogP contribution in [0, 0.1) is 11.8 Å². The SMILES string of the molecule is C(#CC([O][Ti+2][C]1=CC=CC1)(c1ccccc1)c1ccccc1)c1ccccc1.[Cl-].[Cl-]. The largest absolute Gasteiger partial charge is 1.00 e. The fourth-order valence-corrected chi connectivity index (χ4v) is 4.61. The molecule has 0 N–H and O–H groups in total. The maximum absolute atomic E-state index is 6.75. The standard InChI is InChI=1S/C21H15O.C5H5.2ClH.Ti/c22-21(19-12-6-2-7-13-19,20-14-8-3-9-15-20)17-16-18-10-4-1-5-11-18;1-2-4-5-3-1;;;/h1-15H;1-3H,4H2;2*1H;/q-1;;;;+3/p-2. The number of halogens is 2. The second kappa shape index (κ2) is 12.0. The zero-order valence-electron chi connectivity index (χ0n) is 16.3. The van der Waals surface area contributed by atoms with Crippen molar-refractivity contribution in [3.05, 3.63) is 130 Å². The summed E-state index contributed by atoms with van der Waals surface area (Å²) < 4.78 is 8.14. The molecule has 0 amide bonds. The van der Waals surface area contributed by atoms with Crippen molar-refractivity contribution in [3.63, 3.8) is 0 Å². The van der Waals surface area contributed by atoms with Crippen molar-refractivity contribution in [2.24, 2.45) is 0 Å². The zero-order chi connectivity index (χ0) is 19.1. The molecule has 0 heterocycles. The van der Waals surface area contributed by atoms with Crippen LogP contribution in [-0.2, 0) is 28.5 Å². The molecule has 3 aromatic rings. The summed E-state index contributed by atoms with van der Waals surface area (Å²) >= 11 is -0.763. The van der Waals surface area contributed by atoms with Crippen LogP contribution in [0.25, 0.3) is 0 Å². The molecule has 0 saturated carbocycles. The zero-order valence-corrected chi connectivity index (χ0v) is 19.3. The van der Waals surface area contributed by atoms with Crippen LogP contribution < -0.4 is 24.8 Å². The van der Waals surface area contributed by atoms with Crippen molar-refractivity contribution in [2.75, 3.05) is 0 Å². The van der Waals surface area contributed by atoms with Gasteiger partial charge in [-0.3, -0.25) is 0 Å². The summed E-state index contributed by atoms with van der Waals surface area (Å²) in [5.74, 6) is 6.89. The predicted octanol–water partition coefficient (Wildman–Crippen LogP) is -0.152. The molecule has 30 heavy (non-hydrogen) atoms. The molecule has 148 valence electrons. The summed E-state index contributed by atoms with van der Waals surface area (Å²) in [5, 5.41) is 0. The molecule has 0 radical (unpaired) electrons. The van der Waals surface area contributed by atoms with Gasteiger partial charge in [-0.05, 0) is 0 Å². The van der Waals surface area contributed by atoms with Gasteiger partial charge in [0.25, 0.3) is 0 Å². The van der Waals surface area contributed by atoms with Gasteiger partial charge in [-0.15, -0.1) is 0 Å². The molecule has 0 saturated heterocycles. The van der Waals surface area contributed by atoms with Gasteiger partial charge in [-0.1, -0.05) is 0 Å². The van der Waals surface area contributed by atoms with Crippen molar-refractivity contribution in [1.29, 1.82) is 0 Å². The van der Waals surface area contributed by atoms with Crippen molar-refractivity contribution < 1.29 is 47.7 Å². The van der Waals surface area contributed by atoms with E-state index in [2.05, 4.69) is 78.6 Å². The van der Waals surface area contributed by atoms with Gasteiger partial charge >= 0.3 is 177 Å².